The molecule has 0 spiro atoms. The van der Waals surface area contributed by atoms with Gasteiger partial charge in [-0.2, -0.15) is 5.10 Å². The van der Waals surface area contributed by atoms with Crippen molar-refractivity contribution in [1.29, 1.82) is 0 Å². The lowest BCUT2D eigenvalue weighted by molar-refractivity contribution is -0.123. The summed E-state index contributed by atoms with van der Waals surface area (Å²) in [7, 11) is 1.57. The Morgan fingerprint density at radius 1 is 1.00 bits per heavy atom. The summed E-state index contributed by atoms with van der Waals surface area (Å²) < 4.78 is 16.3. The monoisotopic (exact) mass is 378 g/mol. The Morgan fingerprint density at radius 3 is 2.61 bits per heavy atom. The van der Waals surface area contributed by atoms with E-state index in [0.29, 0.717) is 23.9 Å². The zero-order valence-corrected chi connectivity index (χ0v) is 15.8. The van der Waals surface area contributed by atoms with E-state index in [-0.39, 0.29) is 12.5 Å². The van der Waals surface area contributed by atoms with Gasteiger partial charge >= 0.3 is 0 Å². The van der Waals surface area contributed by atoms with Crippen molar-refractivity contribution < 1.29 is 19.0 Å². The fourth-order valence-electron chi connectivity index (χ4n) is 2.66. The molecule has 0 unspecified atom stereocenters. The summed E-state index contributed by atoms with van der Waals surface area (Å²) in [6.45, 7) is 2.34. The molecule has 28 heavy (non-hydrogen) atoms. The number of fused-ring (bicyclic) bond motifs is 1. The number of hydrogen-bond donors (Lipinski definition) is 1. The van der Waals surface area contributed by atoms with Crippen molar-refractivity contribution in [2.45, 2.75) is 6.92 Å². The number of rotatable bonds is 8. The van der Waals surface area contributed by atoms with E-state index in [4.69, 9.17) is 14.2 Å². The molecule has 0 atom stereocenters. The Bertz CT molecular complexity index is 985. The summed E-state index contributed by atoms with van der Waals surface area (Å²) in [4.78, 5) is 11.9. The molecule has 144 valence electrons. The molecule has 3 aromatic carbocycles. The number of hydrazone groups is 1. The highest BCUT2D eigenvalue weighted by molar-refractivity contribution is 5.85. The molecule has 0 heterocycles. The molecule has 1 amide bonds. The van der Waals surface area contributed by atoms with Gasteiger partial charge in [0.15, 0.2) is 18.1 Å². The fraction of sp³-hybridized carbons (Fsp3) is 0.182. The third kappa shape index (κ3) is 5.01. The lowest BCUT2D eigenvalue weighted by atomic mass is 10.1. The van der Waals surface area contributed by atoms with E-state index < -0.39 is 0 Å². The second-order valence-corrected chi connectivity index (χ2v) is 5.93. The number of carbonyl (C=O) groups is 1. The SMILES string of the molecule is CCOc1ccc(C=NNC(=O)COc2ccc3ccccc3c2)cc1OC. The summed E-state index contributed by atoms with van der Waals surface area (Å²) in [6.07, 6.45) is 1.53. The molecule has 1 N–H and O–H groups in total. The Hall–Kier alpha value is -3.54. The molecule has 0 saturated carbocycles. The average molecular weight is 378 g/mol. The van der Waals surface area contributed by atoms with E-state index in [0.717, 1.165) is 16.3 Å². The van der Waals surface area contributed by atoms with Crippen LogP contribution in [0.25, 0.3) is 10.8 Å². The van der Waals surface area contributed by atoms with Gasteiger partial charge in [-0.1, -0.05) is 30.3 Å². The number of methoxy groups -OCH3 is 1. The van der Waals surface area contributed by atoms with Gasteiger partial charge in [0.2, 0.25) is 0 Å². The zero-order valence-electron chi connectivity index (χ0n) is 15.8. The van der Waals surface area contributed by atoms with Crippen LogP contribution in [-0.2, 0) is 4.79 Å². The Morgan fingerprint density at radius 2 is 1.82 bits per heavy atom. The number of benzene rings is 3. The van der Waals surface area contributed by atoms with Crippen molar-refractivity contribution in [2.75, 3.05) is 20.3 Å². The number of hydrogen-bond acceptors (Lipinski definition) is 5. The van der Waals surface area contributed by atoms with E-state index >= 15 is 0 Å². The number of amides is 1. The second-order valence-electron chi connectivity index (χ2n) is 5.93. The van der Waals surface area contributed by atoms with Gasteiger partial charge in [-0.05, 0) is 53.6 Å². The lowest BCUT2D eigenvalue weighted by Crippen LogP contribution is -2.24. The summed E-state index contributed by atoms with van der Waals surface area (Å²) in [5.41, 5.74) is 3.22. The summed E-state index contributed by atoms with van der Waals surface area (Å²) in [5.74, 6) is 1.56. The summed E-state index contributed by atoms with van der Waals surface area (Å²) >= 11 is 0. The van der Waals surface area contributed by atoms with Gasteiger partial charge in [0.1, 0.15) is 5.75 Å². The molecule has 6 heteroatoms. The minimum Gasteiger partial charge on any atom is -0.493 e. The maximum Gasteiger partial charge on any atom is 0.277 e. The number of nitrogens with one attached hydrogen (secondary N) is 1. The van der Waals surface area contributed by atoms with Crippen LogP contribution in [0.5, 0.6) is 17.2 Å². The second kappa shape index (κ2) is 9.41. The van der Waals surface area contributed by atoms with E-state index in [9.17, 15) is 4.79 Å². The fourth-order valence-corrected chi connectivity index (χ4v) is 2.66. The first-order chi connectivity index (χ1) is 13.7. The third-order valence-electron chi connectivity index (χ3n) is 3.98. The topological polar surface area (TPSA) is 69.2 Å². The van der Waals surface area contributed by atoms with Crippen molar-refractivity contribution in [1.82, 2.24) is 5.43 Å². The highest BCUT2D eigenvalue weighted by Crippen LogP contribution is 2.27. The molecule has 0 saturated heterocycles. The van der Waals surface area contributed by atoms with Crippen LogP contribution in [0, 0.1) is 0 Å². The van der Waals surface area contributed by atoms with Crippen molar-refractivity contribution >= 4 is 22.9 Å². The van der Waals surface area contributed by atoms with Crippen LogP contribution < -0.4 is 19.6 Å². The molecular formula is C22H22N2O4. The number of ether oxygens (including phenoxy) is 3. The van der Waals surface area contributed by atoms with E-state index in [2.05, 4.69) is 10.5 Å². The maximum atomic E-state index is 11.9. The predicted molar refractivity (Wildman–Crippen MR) is 109 cm³/mol. The van der Waals surface area contributed by atoms with Gasteiger partial charge < -0.3 is 14.2 Å². The smallest absolute Gasteiger partial charge is 0.277 e. The molecule has 3 aromatic rings. The highest BCUT2D eigenvalue weighted by Gasteiger charge is 2.05. The minimum atomic E-state index is -0.345. The summed E-state index contributed by atoms with van der Waals surface area (Å²) in [5, 5.41) is 6.13. The first kappa shape index (κ1) is 19.2. The van der Waals surface area contributed by atoms with Crippen LogP contribution in [0.4, 0.5) is 0 Å². The molecule has 0 fully saturated rings. The number of nitrogens with zero attached hydrogens (tertiary/aromatic N) is 1. The van der Waals surface area contributed by atoms with E-state index in [1.807, 2.05) is 55.5 Å². The zero-order chi connectivity index (χ0) is 19.8. The van der Waals surface area contributed by atoms with Crippen LogP contribution in [-0.4, -0.2) is 32.4 Å². The quantitative estimate of drug-likeness (QED) is 0.478. The molecular weight excluding hydrogens is 356 g/mol. The molecule has 3 rings (SSSR count). The van der Waals surface area contributed by atoms with Gasteiger partial charge in [0.25, 0.3) is 5.91 Å². The van der Waals surface area contributed by atoms with Crippen LogP contribution in [0.2, 0.25) is 0 Å². The Kier molecular flexibility index (Phi) is 6.46. The molecule has 0 radical (unpaired) electrons. The van der Waals surface area contributed by atoms with E-state index in [1.54, 1.807) is 19.2 Å². The minimum absolute atomic E-state index is 0.123. The van der Waals surface area contributed by atoms with Gasteiger partial charge in [0.05, 0.1) is 19.9 Å². The molecule has 0 aromatic heterocycles. The lowest BCUT2D eigenvalue weighted by Gasteiger charge is -2.09. The van der Waals surface area contributed by atoms with Crippen LogP contribution in [0.15, 0.2) is 65.8 Å². The van der Waals surface area contributed by atoms with Crippen LogP contribution in [0.1, 0.15) is 12.5 Å². The Balaban J connectivity index is 1.53. The first-order valence-corrected chi connectivity index (χ1v) is 8.94. The molecule has 0 aliphatic heterocycles. The predicted octanol–water partition coefficient (Wildman–Crippen LogP) is 3.78. The molecule has 0 bridgehead atoms. The molecule has 0 aliphatic carbocycles. The Labute approximate surface area is 163 Å². The third-order valence-corrected chi connectivity index (χ3v) is 3.98. The van der Waals surface area contributed by atoms with E-state index in [1.165, 1.54) is 6.21 Å². The number of carbonyl (C=O) groups excluding carboxylic acids is 1. The largest absolute Gasteiger partial charge is 0.493 e. The van der Waals surface area contributed by atoms with Crippen molar-refractivity contribution in [3.8, 4) is 17.2 Å². The van der Waals surface area contributed by atoms with Crippen molar-refractivity contribution in [3.63, 3.8) is 0 Å². The maximum absolute atomic E-state index is 11.9. The van der Waals surface area contributed by atoms with Crippen molar-refractivity contribution in [2.24, 2.45) is 5.10 Å². The first-order valence-electron chi connectivity index (χ1n) is 8.94. The summed E-state index contributed by atoms with van der Waals surface area (Å²) in [6, 6.07) is 19.1. The van der Waals surface area contributed by atoms with Gasteiger partial charge in [-0.3, -0.25) is 4.79 Å². The average Bonchev–Trinajstić information content (AvgIpc) is 2.73. The van der Waals surface area contributed by atoms with Gasteiger partial charge in [-0.25, -0.2) is 5.43 Å². The van der Waals surface area contributed by atoms with Crippen LogP contribution >= 0.6 is 0 Å². The molecule has 0 aliphatic rings. The van der Waals surface area contributed by atoms with Gasteiger partial charge in [0, 0.05) is 0 Å². The highest BCUT2D eigenvalue weighted by atomic mass is 16.5. The standard InChI is InChI=1S/C22H22N2O4/c1-3-27-20-11-8-16(12-21(20)26-2)14-23-24-22(25)15-28-19-10-9-17-6-4-5-7-18(17)13-19/h4-14H,3,15H2,1-2H3,(H,24,25). The van der Waals surface area contributed by atoms with Crippen molar-refractivity contribution in [3.05, 3.63) is 66.2 Å². The molecule has 6 nitrogen and oxygen atoms in total. The van der Waals surface area contributed by atoms with Crippen LogP contribution in [0.3, 0.4) is 0 Å². The van der Waals surface area contributed by atoms with Gasteiger partial charge in [-0.15, -0.1) is 0 Å². The normalized spacial score (nSPS) is 10.8.